The standard InChI is InChI=1S/C18H13F6N5OS.C8H17N/c19-10-8-12(13(20)14(21)15(10)29-31-7-4-18(22,23)24)30-16-9(2-1-5-26-16)11-3-6-27-17(25)28-11;1-9(2)8-6-4-3-5-7-8/h1-3,5-6,8,29H,4,7H2,(H2,25,27,28);8H,3-7H2,1-2H3. The minimum atomic E-state index is -4.43. The first-order valence-corrected chi connectivity index (χ1v) is 13.4. The molecule has 3 aromatic rings. The number of benzene rings is 1. The van der Waals surface area contributed by atoms with Gasteiger partial charge in [-0.15, -0.1) is 0 Å². The molecule has 4 rings (SSSR count). The molecule has 0 atom stereocenters. The number of ether oxygens (including phenoxy) is 1. The molecule has 2 heterocycles. The number of pyridine rings is 1. The van der Waals surface area contributed by atoms with Crippen LogP contribution in [0.5, 0.6) is 11.6 Å². The maximum Gasteiger partial charge on any atom is 0.389 e. The predicted octanol–water partition coefficient (Wildman–Crippen LogP) is 7.22. The van der Waals surface area contributed by atoms with Crippen LogP contribution < -0.4 is 15.2 Å². The number of anilines is 2. The number of alkyl halides is 3. The average Bonchev–Trinajstić information content (AvgIpc) is 2.91. The molecule has 0 spiro atoms. The van der Waals surface area contributed by atoms with Crippen LogP contribution >= 0.6 is 11.9 Å². The predicted molar refractivity (Wildman–Crippen MR) is 143 cm³/mol. The molecule has 0 amide bonds. The molecule has 0 saturated heterocycles. The van der Waals surface area contributed by atoms with E-state index >= 15 is 0 Å². The fourth-order valence-electron chi connectivity index (χ4n) is 3.92. The fourth-order valence-corrected chi connectivity index (χ4v) is 4.69. The Balaban J connectivity index is 0.000000415. The highest BCUT2D eigenvalue weighted by molar-refractivity contribution is 8.00. The monoisotopic (exact) mass is 588 g/mol. The summed E-state index contributed by atoms with van der Waals surface area (Å²) in [5, 5.41) is 0. The third-order valence-electron chi connectivity index (χ3n) is 6.02. The van der Waals surface area contributed by atoms with E-state index in [2.05, 4.69) is 38.7 Å². The van der Waals surface area contributed by atoms with E-state index in [0.717, 1.165) is 6.04 Å². The number of hydrogen-bond acceptors (Lipinski definition) is 8. The van der Waals surface area contributed by atoms with Gasteiger partial charge in [0.15, 0.2) is 17.4 Å². The van der Waals surface area contributed by atoms with Gasteiger partial charge < -0.3 is 20.1 Å². The molecule has 1 saturated carbocycles. The Morgan fingerprint density at radius 2 is 1.77 bits per heavy atom. The number of aromatic nitrogens is 3. The number of nitrogens with two attached hydrogens (primary N) is 1. The van der Waals surface area contributed by atoms with Crippen molar-refractivity contribution in [3.63, 3.8) is 0 Å². The van der Waals surface area contributed by atoms with Gasteiger partial charge in [0.2, 0.25) is 17.6 Å². The lowest BCUT2D eigenvalue weighted by Crippen LogP contribution is -2.29. The van der Waals surface area contributed by atoms with Crippen LogP contribution in [0.4, 0.5) is 38.0 Å². The summed E-state index contributed by atoms with van der Waals surface area (Å²) >= 11 is 0.385. The molecule has 0 radical (unpaired) electrons. The summed E-state index contributed by atoms with van der Waals surface area (Å²) in [4.78, 5) is 14.0. The number of nitrogen functional groups attached to an aromatic ring is 1. The summed E-state index contributed by atoms with van der Waals surface area (Å²) in [6, 6.07) is 5.96. The van der Waals surface area contributed by atoms with E-state index in [1.165, 1.54) is 62.7 Å². The zero-order valence-corrected chi connectivity index (χ0v) is 22.8. The maximum atomic E-state index is 14.5. The number of rotatable bonds is 8. The average molecular weight is 589 g/mol. The Morgan fingerprint density at radius 3 is 2.40 bits per heavy atom. The zero-order valence-electron chi connectivity index (χ0n) is 21.9. The summed E-state index contributed by atoms with van der Waals surface area (Å²) in [5.41, 5.74) is 5.14. The molecule has 1 aromatic carbocycles. The van der Waals surface area contributed by atoms with Gasteiger partial charge in [-0.1, -0.05) is 31.2 Å². The fraction of sp³-hybridized carbons (Fsp3) is 0.423. The van der Waals surface area contributed by atoms with Crippen molar-refractivity contribution in [2.24, 2.45) is 0 Å². The number of hydrogen-bond donors (Lipinski definition) is 2. The first kappa shape index (κ1) is 31.3. The number of nitrogens with zero attached hydrogens (tertiary/aromatic N) is 4. The van der Waals surface area contributed by atoms with Gasteiger partial charge in [-0.3, -0.25) is 0 Å². The molecule has 2 aromatic heterocycles. The van der Waals surface area contributed by atoms with Crippen molar-refractivity contribution in [1.82, 2.24) is 19.9 Å². The van der Waals surface area contributed by atoms with Crippen molar-refractivity contribution in [3.05, 3.63) is 54.1 Å². The molecule has 40 heavy (non-hydrogen) atoms. The van der Waals surface area contributed by atoms with Crippen LogP contribution in [0.15, 0.2) is 36.7 Å². The molecule has 14 heteroatoms. The number of nitrogens with one attached hydrogen (secondary N) is 1. The second kappa shape index (κ2) is 14.4. The molecule has 1 fully saturated rings. The molecule has 1 aliphatic carbocycles. The maximum absolute atomic E-state index is 14.5. The van der Waals surface area contributed by atoms with E-state index in [1.54, 1.807) is 0 Å². The largest absolute Gasteiger partial charge is 0.435 e. The van der Waals surface area contributed by atoms with Gasteiger partial charge in [-0.05, 0) is 45.1 Å². The molecule has 0 bridgehead atoms. The van der Waals surface area contributed by atoms with Crippen LogP contribution in [0.1, 0.15) is 38.5 Å². The van der Waals surface area contributed by atoms with Crippen LogP contribution in [0.25, 0.3) is 11.3 Å². The van der Waals surface area contributed by atoms with E-state index in [1.807, 2.05) is 0 Å². The first-order chi connectivity index (χ1) is 19.0. The van der Waals surface area contributed by atoms with E-state index in [9.17, 15) is 26.3 Å². The zero-order chi connectivity index (χ0) is 29.3. The minimum Gasteiger partial charge on any atom is -0.435 e. The normalized spacial score (nSPS) is 14.0. The van der Waals surface area contributed by atoms with Crippen LogP contribution in [0.2, 0.25) is 0 Å². The van der Waals surface area contributed by atoms with Crippen molar-refractivity contribution in [1.29, 1.82) is 0 Å². The van der Waals surface area contributed by atoms with Gasteiger partial charge in [0.25, 0.3) is 0 Å². The van der Waals surface area contributed by atoms with Crippen LogP contribution in [-0.2, 0) is 0 Å². The van der Waals surface area contributed by atoms with Gasteiger partial charge >= 0.3 is 6.18 Å². The summed E-state index contributed by atoms with van der Waals surface area (Å²) in [6.07, 6.45) is 4.26. The topological polar surface area (TPSA) is 89.2 Å². The van der Waals surface area contributed by atoms with Crippen molar-refractivity contribution in [2.75, 3.05) is 30.3 Å². The molecular weight excluding hydrogens is 558 g/mol. The lowest BCUT2D eigenvalue weighted by Gasteiger charge is -2.27. The van der Waals surface area contributed by atoms with Crippen LogP contribution in [-0.4, -0.2) is 51.9 Å². The SMILES string of the molecule is CN(C)C1CCCCC1.Nc1nccc(-c2cccnc2Oc2cc(F)c(NSCCC(F)(F)F)c(F)c2F)n1. The highest BCUT2D eigenvalue weighted by atomic mass is 32.2. The molecule has 0 aliphatic heterocycles. The summed E-state index contributed by atoms with van der Waals surface area (Å²) in [5.74, 6) is -6.08. The van der Waals surface area contributed by atoms with E-state index in [0.29, 0.717) is 18.0 Å². The van der Waals surface area contributed by atoms with Gasteiger partial charge in [-0.25, -0.2) is 23.7 Å². The summed E-state index contributed by atoms with van der Waals surface area (Å²) in [7, 11) is 4.38. The van der Waals surface area contributed by atoms with Crippen LogP contribution in [0, 0.1) is 17.5 Å². The van der Waals surface area contributed by atoms with Gasteiger partial charge in [0, 0.05) is 30.3 Å². The highest BCUT2D eigenvalue weighted by Crippen LogP contribution is 2.36. The quantitative estimate of drug-likeness (QED) is 0.123. The minimum absolute atomic E-state index is 0.0472. The van der Waals surface area contributed by atoms with Crippen molar-refractivity contribution >= 4 is 23.6 Å². The van der Waals surface area contributed by atoms with E-state index < -0.39 is 47.2 Å². The third kappa shape index (κ3) is 9.15. The summed E-state index contributed by atoms with van der Waals surface area (Å²) in [6.45, 7) is 0. The molecule has 0 unspecified atom stereocenters. The second-order valence-corrected chi connectivity index (χ2v) is 10.1. The smallest absolute Gasteiger partial charge is 0.389 e. The lowest BCUT2D eigenvalue weighted by molar-refractivity contribution is -0.129. The highest BCUT2D eigenvalue weighted by Gasteiger charge is 2.27. The molecule has 7 nitrogen and oxygen atoms in total. The molecule has 3 N–H and O–H groups in total. The molecule has 1 aliphatic rings. The van der Waals surface area contributed by atoms with Crippen molar-refractivity contribution < 1.29 is 31.1 Å². The van der Waals surface area contributed by atoms with E-state index in [4.69, 9.17) is 10.5 Å². The Hall–Kier alpha value is -3.26. The summed E-state index contributed by atoms with van der Waals surface area (Å²) < 4.78 is 86.8. The van der Waals surface area contributed by atoms with E-state index in [-0.39, 0.29) is 23.1 Å². The van der Waals surface area contributed by atoms with Gasteiger partial charge in [0.1, 0.15) is 5.69 Å². The van der Waals surface area contributed by atoms with Crippen molar-refractivity contribution in [2.45, 2.75) is 50.7 Å². The van der Waals surface area contributed by atoms with Crippen molar-refractivity contribution in [3.8, 4) is 22.9 Å². The second-order valence-electron chi connectivity index (χ2n) is 9.19. The number of halogens is 6. The van der Waals surface area contributed by atoms with Crippen LogP contribution in [0.3, 0.4) is 0 Å². The van der Waals surface area contributed by atoms with Gasteiger partial charge in [-0.2, -0.15) is 17.6 Å². The molecular formula is C26H30F6N6OS. The van der Waals surface area contributed by atoms with Gasteiger partial charge in [0.05, 0.1) is 17.7 Å². The third-order valence-corrected chi connectivity index (χ3v) is 6.78. The lowest BCUT2D eigenvalue weighted by atomic mass is 9.95. The first-order valence-electron chi connectivity index (χ1n) is 12.5. The Labute approximate surface area is 232 Å². The molecule has 218 valence electrons. The Morgan fingerprint density at radius 1 is 1.05 bits per heavy atom. The Kier molecular flexibility index (Phi) is 11.3. The Bertz CT molecular complexity index is 1260.